The minimum absolute atomic E-state index is 0.0715. The maximum atomic E-state index is 11.5. The number of rotatable bonds is 2. The predicted molar refractivity (Wildman–Crippen MR) is 71.5 cm³/mol. The molecule has 1 N–H and O–H groups in total. The Labute approximate surface area is 112 Å². The van der Waals surface area contributed by atoms with Crippen molar-refractivity contribution < 1.29 is 14.6 Å². The van der Waals surface area contributed by atoms with Gasteiger partial charge in [-0.05, 0) is 12.1 Å². The number of esters is 1. The van der Waals surface area contributed by atoms with Crippen LogP contribution in [-0.4, -0.2) is 27.6 Å². The van der Waals surface area contributed by atoms with Crippen molar-refractivity contribution in [2.45, 2.75) is 0 Å². The van der Waals surface area contributed by atoms with Gasteiger partial charge in [-0.15, -0.1) is 11.3 Å². The van der Waals surface area contributed by atoms with E-state index in [1.54, 1.807) is 12.3 Å². The fourth-order valence-electron chi connectivity index (χ4n) is 1.86. The Balaban J connectivity index is 2.15. The molecular weight excluding hydrogens is 264 g/mol. The third kappa shape index (κ3) is 1.86. The van der Waals surface area contributed by atoms with E-state index in [0.717, 1.165) is 16.2 Å². The second kappa shape index (κ2) is 4.40. The molecule has 0 saturated heterocycles. The topological polar surface area (TPSA) is 63.8 Å². The number of thiophene rings is 1. The standard InChI is InChI=1S/C13H10N2O3S/c1-18-13(17)12-9(16)6-10(19-12)8-7-14-11-4-2-3-5-15(8)11/h2-7,16H,1H3. The number of carbonyl (C=O) groups is 1. The molecule has 0 amide bonds. The van der Waals surface area contributed by atoms with Crippen LogP contribution < -0.4 is 0 Å². The quantitative estimate of drug-likeness (QED) is 0.729. The zero-order valence-corrected chi connectivity index (χ0v) is 10.8. The SMILES string of the molecule is COC(=O)c1sc(-c2cnc3ccccn23)cc1O. The van der Waals surface area contributed by atoms with E-state index >= 15 is 0 Å². The lowest BCUT2D eigenvalue weighted by Crippen LogP contribution is -1.97. The summed E-state index contributed by atoms with van der Waals surface area (Å²) >= 11 is 1.18. The number of fused-ring (bicyclic) bond motifs is 1. The lowest BCUT2D eigenvalue weighted by Gasteiger charge is -1.97. The third-order valence-corrected chi connectivity index (χ3v) is 3.88. The highest BCUT2D eigenvalue weighted by molar-refractivity contribution is 7.17. The summed E-state index contributed by atoms with van der Waals surface area (Å²) in [6.07, 6.45) is 3.59. The number of aromatic hydroxyl groups is 1. The van der Waals surface area contributed by atoms with Crippen LogP contribution in [0.25, 0.3) is 16.2 Å². The summed E-state index contributed by atoms with van der Waals surface area (Å²) in [5, 5.41) is 9.78. The smallest absolute Gasteiger partial charge is 0.351 e. The third-order valence-electron chi connectivity index (χ3n) is 2.75. The van der Waals surface area contributed by atoms with Crippen molar-refractivity contribution in [1.82, 2.24) is 9.38 Å². The molecular formula is C13H10N2O3S. The summed E-state index contributed by atoms with van der Waals surface area (Å²) in [6, 6.07) is 7.23. The van der Waals surface area contributed by atoms with Crippen LogP contribution in [0, 0.1) is 0 Å². The van der Waals surface area contributed by atoms with Crippen molar-refractivity contribution in [3.63, 3.8) is 0 Å². The molecule has 19 heavy (non-hydrogen) atoms. The molecule has 3 aromatic heterocycles. The van der Waals surface area contributed by atoms with E-state index in [0.29, 0.717) is 0 Å². The van der Waals surface area contributed by atoms with Crippen LogP contribution >= 0.6 is 11.3 Å². The molecule has 0 fully saturated rings. The molecule has 3 aromatic rings. The Morgan fingerprint density at radius 2 is 2.32 bits per heavy atom. The molecule has 0 atom stereocenters. The Bertz CT molecular complexity index is 760. The molecule has 0 aliphatic carbocycles. The average Bonchev–Trinajstić information content (AvgIpc) is 3.01. The number of nitrogens with zero attached hydrogens (tertiary/aromatic N) is 2. The first kappa shape index (κ1) is 11.7. The predicted octanol–water partition coefficient (Wildman–Crippen LogP) is 2.56. The molecule has 0 aliphatic rings. The van der Waals surface area contributed by atoms with Crippen LogP contribution in [0.2, 0.25) is 0 Å². The normalized spacial score (nSPS) is 10.8. The lowest BCUT2D eigenvalue weighted by atomic mass is 10.3. The lowest BCUT2D eigenvalue weighted by molar-refractivity contribution is 0.0603. The van der Waals surface area contributed by atoms with Crippen LogP contribution in [0.1, 0.15) is 9.67 Å². The number of methoxy groups -OCH3 is 1. The van der Waals surface area contributed by atoms with Gasteiger partial charge < -0.3 is 9.84 Å². The van der Waals surface area contributed by atoms with Gasteiger partial charge in [-0.25, -0.2) is 9.78 Å². The summed E-state index contributed by atoms with van der Waals surface area (Å²) in [6.45, 7) is 0. The number of hydrogen-bond donors (Lipinski definition) is 1. The van der Waals surface area contributed by atoms with Crippen LogP contribution in [0.4, 0.5) is 0 Å². The van der Waals surface area contributed by atoms with E-state index in [9.17, 15) is 9.90 Å². The fourth-order valence-corrected chi connectivity index (χ4v) is 2.84. The first-order chi connectivity index (χ1) is 9.20. The first-order valence-electron chi connectivity index (χ1n) is 5.54. The van der Waals surface area contributed by atoms with Crippen LogP contribution in [0.5, 0.6) is 5.75 Å². The number of aromatic nitrogens is 2. The van der Waals surface area contributed by atoms with Crippen molar-refractivity contribution in [2.24, 2.45) is 0 Å². The van der Waals surface area contributed by atoms with Gasteiger partial charge >= 0.3 is 5.97 Å². The zero-order chi connectivity index (χ0) is 13.4. The van der Waals surface area contributed by atoms with Crippen LogP contribution in [0.3, 0.4) is 0 Å². The summed E-state index contributed by atoms with van der Waals surface area (Å²) in [7, 11) is 1.29. The molecule has 0 bridgehead atoms. The Morgan fingerprint density at radius 3 is 3.11 bits per heavy atom. The van der Waals surface area contributed by atoms with Crippen molar-refractivity contribution in [2.75, 3.05) is 7.11 Å². The van der Waals surface area contributed by atoms with Crippen molar-refractivity contribution >= 4 is 23.0 Å². The van der Waals surface area contributed by atoms with E-state index in [4.69, 9.17) is 0 Å². The molecule has 0 aromatic carbocycles. The van der Waals surface area contributed by atoms with E-state index in [1.807, 2.05) is 28.8 Å². The maximum Gasteiger partial charge on any atom is 0.351 e. The molecule has 0 aliphatic heterocycles. The van der Waals surface area contributed by atoms with Crippen molar-refractivity contribution in [3.05, 3.63) is 41.5 Å². The van der Waals surface area contributed by atoms with Crippen molar-refractivity contribution in [3.8, 4) is 16.3 Å². The summed E-state index contributed by atoms with van der Waals surface area (Å²) in [5.41, 5.74) is 1.64. The highest BCUT2D eigenvalue weighted by Crippen LogP contribution is 2.36. The second-order valence-electron chi connectivity index (χ2n) is 3.89. The Morgan fingerprint density at radius 1 is 1.47 bits per heavy atom. The fraction of sp³-hybridized carbons (Fsp3) is 0.0769. The average molecular weight is 274 g/mol. The Hall–Kier alpha value is -2.34. The van der Waals surface area contributed by atoms with Gasteiger partial charge in [0, 0.05) is 12.3 Å². The van der Waals surface area contributed by atoms with E-state index in [1.165, 1.54) is 18.4 Å². The molecule has 0 radical (unpaired) electrons. The molecule has 0 saturated carbocycles. The van der Waals surface area contributed by atoms with Gasteiger partial charge in [-0.1, -0.05) is 6.07 Å². The first-order valence-corrected chi connectivity index (χ1v) is 6.36. The van der Waals surface area contributed by atoms with E-state index < -0.39 is 5.97 Å². The van der Waals surface area contributed by atoms with Crippen LogP contribution in [-0.2, 0) is 4.74 Å². The molecule has 3 heterocycles. The number of pyridine rings is 1. The molecule has 0 spiro atoms. The van der Waals surface area contributed by atoms with Crippen molar-refractivity contribution in [1.29, 1.82) is 0 Å². The number of ether oxygens (including phenoxy) is 1. The largest absolute Gasteiger partial charge is 0.506 e. The highest BCUT2D eigenvalue weighted by Gasteiger charge is 2.18. The highest BCUT2D eigenvalue weighted by atomic mass is 32.1. The Kier molecular flexibility index (Phi) is 2.72. The molecule has 5 nitrogen and oxygen atoms in total. The summed E-state index contributed by atoms with van der Waals surface area (Å²) < 4.78 is 6.52. The maximum absolute atomic E-state index is 11.5. The number of imidazole rings is 1. The molecule has 6 heteroatoms. The van der Waals surface area contributed by atoms with Gasteiger partial charge in [-0.3, -0.25) is 4.40 Å². The molecule has 0 unspecified atom stereocenters. The van der Waals surface area contributed by atoms with Gasteiger partial charge in [0.15, 0.2) is 4.88 Å². The molecule has 3 rings (SSSR count). The zero-order valence-electron chi connectivity index (χ0n) is 10.0. The van der Waals surface area contributed by atoms with Gasteiger partial charge in [0.1, 0.15) is 11.4 Å². The van der Waals surface area contributed by atoms with Gasteiger partial charge in [0.2, 0.25) is 0 Å². The van der Waals surface area contributed by atoms with Gasteiger partial charge in [0.05, 0.1) is 23.9 Å². The van der Waals surface area contributed by atoms with Gasteiger partial charge in [0.25, 0.3) is 0 Å². The number of hydrogen-bond acceptors (Lipinski definition) is 5. The van der Waals surface area contributed by atoms with E-state index in [2.05, 4.69) is 9.72 Å². The monoisotopic (exact) mass is 274 g/mol. The summed E-state index contributed by atoms with van der Waals surface area (Å²) in [4.78, 5) is 16.7. The minimum atomic E-state index is -0.539. The number of carbonyl (C=O) groups excluding carboxylic acids is 1. The minimum Gasteiger partial charge on any atom is -0.506 e. The molecule has 96 valence electrons. The van der Waals surface area contributed by atoms with Gasteiger partial charge in [-0.2, -0.15) is 0 Å². The van der Waals surface area contributed by atoms with Crippen LogP contribution in [0.15, 0.2) is 36.7 Å². The van der Waals surface area contributed by atoms with E-state index in [-0.39, 0.29) is 10.6 Å². The summed E-state index contributed by atoms with van der Waals surface area (Å²) in [5.74, 6) is -0.611. The second-order valence-corrected chi connectivity index (χ2v) is 4.94.